The molecule has 4 aromatic carbocycles. The van der Waals surface area contributed by atoms with Gasteiger partial charge in [0.25, 0.3) is 5.69 Å². The Hall–Kier alpha value is -5.18. The Labute approximate surface area is 248 Å². The third-order valence-corrected chi connectivity index (χ3v) is 8.34. The van der Waals surface area contributed by atoms with Crippen LogP contribution in [0, 0.1) is 16.0 Å². The summed E-state index contributed by atoms with van der Waals surface area (Å²) in [4.78, 5) is 30.6. The van der Waals surface area contributed by atoms with Crippen molar-refractivity contribution in [2.45, 2.75) is 32.9 Å². The van der Waals surface area contributed by atoms with Gasteiger partial charge in [-0.3, -0.25) is 10.1 Å². The normalized spacial score (nSPS) is 15.2. The number of nitrogens with zero attached hydrogens (tertiary/aromatic N) is 4. The van der Waals surface area contributed by atoms with Crippen LogP contribution in [0.15, 0.2) is 78.9 Å². The Morgan fingerprint density at radius 1 is 1.09 bits per heavy atom. The van der Waals surface area contributed by atoms with Crippen molar-refractivity contribution in [3.05, 3.63) is 111 Å². The first-order chi connectivity index (χ1) is 20.8. The zero-order valence-corrected chi connectivity index (χ0v) is 24.2. The molecule has 5 aromatic rings. The highest BCUT2D eigenvalue weighted by atomic mass is 16.6. The largest absolute Gasteiger partial charge is 0.465 e. The SMILES string of the molecule is COC(=O)c1ccc2c(c1)nc(-c1ccc3c(c1)NC(c1ccc([N+](=O)[O-])cc1)c1cccc4c1N3CC4)n2CC(C)C. The number of hydrogen-bond donors (Lipinski definition) is 1. The number of carbonyl (C=O) groups excluding carboxylic acids is 1. The number of benzene rings is 4. The van der Waals surface area contributed by atoms with Crippen LogP contribution >= 0.6 is 0 Å². The fourth-order valence-corrected chi connectivity index (χ4v) is 6.42. The average molecular weight is 574 g/mol. The number of ether oxygens (including phenoxy) is 1. The summed E-state index contributed by atoms with van der Waals surface area (Å²) in [6.07, 6.45) is 0.948. The molecule has 2 aliphatic rings. The Bertz CT molecular complexity index is 1910. The molecule has 0 spiro atoms. The number of fused-ring (bicyclic) bond motifs is 3. The summed E-state index contributed by atoms with van der Waals surface area (Å²) < 4.78 is 7.16. The van der Waals surface area contributed by atoms with Crippen LogP contribution in [0.5, 0.6) is 0 Å². The number of non-ortho nitro benzene ring substituents is 1. The van der Waals surface area contributed by atoms with E-state index in [1.807, 2.05) is 18.2 Å². The molecule has 9 nitrogen and oxygen atoms in total. The van der Waals surface area contributed by atoms with E-state index in [4.69, 9.17) is 9.72 Å². The second kappa shape index (κ2) is 10.3. The Morgan fingerprint density at radius 3 is 2.65 bits per heavy atom. The van der Waals surface area contributed by atoms with Gasteiger partial charge in [-0.15, -0.1) is 0 Å². The molecule has 43 heavy (non-hydrogen) atoms. The molecule has 1 aromatic heterocycles. The van der Waals surface area contributed by atoms with Crippen molar-refractivity contribution in [3.63, 3.8) is 0 Å². The van der Waals surface area contributed by atoms with Crippen LogP contribution in [0.4, 0.5) is 22.7 Å². The Morgan fingerprint density at radius 2 is 1.91 bits per heavy atom. The summed E-state index contributed by atoms with van der Waals surface area (Å²) in [5.41, 5.74) is 9.82. The van der Waals surface area contributed by atoms with Crippen LogP contribution in [-0.2, 0) is 17.7 Å². The van der Waals surface area contributed by atoms with Crippen LogP contribution < -0.4 is 10.2 Å². The zero-order valence-electron chi connectivity index (χ0n) is 24.2. The number of esters is 1. The number of nitro benzene ring substituents is 1. The number of rotatable bonds is 6. The van der Waals surface area contributed by atoms with Crippen molar-refractivity contribution in [2.75, 3.05) is 23.9 Å². The number of imidazole rings is 1. The highest BCUT2D eigenvalue weighted by Crippen LogP contribution is 2.49. The molecule has 0 bridgehead atoms. The fraction of sp³-hybridized carbons (Fsp3) is 0.235. The average Bonchev–Trinajstić information content (AvgIpc) is 3.56. The van der Waals surface area contributed by atoms with Crippen LogP contribution in [0.3, 0.4) is 0 Å². The number of para-hydroxylation sites is 1. The van der Waals surface area contributed by atoms with Crippen LogP contribution in [0.1, 0.15) is 46.9 Å². The van der Waals surface area contributed by atoms with E-state index >= 15 is 0 Å². The van der Waals surface area contributed by atoms with Gasteiger partial charge in [0.05, 0.1) is 51.7 Å². The van der Waals surface area contributed by atoms with E-state index in [1.54, 1.807) is 24.3 Å². The molecule has 0 radical (unpaired) electrons. The monoisotopic (exact) mass is 573 g/mol. The Balaban J connectivity index is 1.38. The standard InChI is InChI=1S/C34H31N5O4/c1-20(2)19-38-30-14-10-24(34(40)43-3)18-28(30)36-33(38)23-9-13-29-27(17-23)35-31(21-7-11-25(12-8-21)39(41)42)26-6-4-5-22-15-16-37(29)32(22)26/h4-14,17-18,20,31,35H,15-16,19H2,1-3H3. The number of nitrogens with one attached hydrogen (secondary N) is 1. The molecule has 3 heterocycles. The van der Waals surface area contributed by atoms with E-state index in [0.717, 1.165) is 64.4 Å². The molecule has 0 aliphatic carbocycles. The highest BCUT2D eigenvalue weighted by Gasteiger charge is 2.33. The number of hydrogen-bond acceptors (Lipinski definition) is 7. The lowest BCUT2D eigenvalue weighted by atomic mass is 9.95. The number of nitro groups is 1. The predicted octanol–water partition coefficient (Wildman–Crippen LogP) is 7.26. The van der Waals surface area contributed by atoms with Crippen molar-refractivity contribution in [1.82, 2.24) is 9.55 Å². The molecule has 2 aliphatic heterocycles. The lowest BCUT2D eigenvalue weighted by Gasteiger charge is -2.22. The summed E-state index contributed by atoms with van der Waals surface area (Å²) in [5, 5.41) is 15.2. The predicted molar refractivity (Wildman–Crippen MR) is 167 cm³/mol. The third kappa shape index (κ3) is 4.48. The minimum atomic E-state index is -0.391. The molecule has 0 saturated carbocycles. The van der Waals surface area contributed by atoms with Crippen molar-refractivity contribution in [3.8, 4) is 11.4 Å². The number of carbonyl (C=O) groups is 1. The highest BCUT2D eigenvalue weighted by molar-refractivity contribution is 5.95. The second-order valence-corrected chi connectivity index (χ2v) is 11.5. The Kier molecular flexibility index (Phi) is 6.38. The van der Waals surface area contributed by atoms with E-state index in [0.29, 0.717) is 11.5 Å². The summed E-state index contributed by atoms with van der Waals surface area (Å²) in [6, 6.07) is 25.0. The molecule has 0 fully saturated rings. The zero-order chi connectivity index (χ0) is 29.8. The fourth-order valence-electron chi connectivity index (χ4n) is 6.42. The molecule has 1 unspecified atom stereocenters. The van der Waals surface area contributed by atoms with Crippen LogP contribution in [0.2, 0.25) is 0 Å². The van der Waals surface area contributed by atoms with Gasteiger partial charge in [0.1, 0.15) is 5.82 Å². The number of methoxy groups -OCH3 is 1. The van der Waals surface area contributed by atoms with Gasteiger partial charge in [0.15, 0.2) is 0 Å². The maximum Gasteiger partial charge on any atom is 0.337 e. The van der Waals surface area contributed by atoms with Gasteiger partial charge < -0.3 is 19.5 Å². The van der Waals surface area contributed by atoms with E-state index in [9.17, 15) is 14.9 Å². The maximum atomic E-state index is 12.2. The number of anilines is 3. The van der Waals surface area contributed by atoms with Crippen molar-refractivity contribution >= 4 is 39.8 Å². The van der Waals surface area contributed by atoms with Crippen LogP contribution in [-0.4, -0.2) is 34.1 Å². The minimum absolute atomic E-state index is 0.0689. The molecule has 0 amide bonds. The van der Waals surface area contributed by atoms with Gasteiger partial charge in [-0.25, -0.2) is 9.78 Å². The lowest BCUT2D eigenvalue weighted by Crippen LogP contribution is -2.14. The third-order valence-electron chi connectivity index (χ3n) is 8.34. The maximum absolute atomic E-state index is 12.2. The van der Waals surface area contributed by atoms with E-state index in [2.05, 4.69) is 65.0 Å². The van der Waals surface area contributed by atoms with Gasteiger partial charge in [-0.2, -0.15) is 0 Å². The van der Waals surface area contributed by atoms with Gasteiger partial charge >= 0.3 is 5.97 Å². The molecule has 9 heteroatoms. The van der Waals surface area contributed by atoms with E-state index in [1.165, 1.54) is 18.4 Å². The summed E-state index contributed by atoms with van der Waals surface area (Å²) in [7, 11) is 1.38. The topological polar surface area (TPSA) is 103 Å². The minimum Gasteiger partial charge on any atom is -0.465 e. The van der Waals surface area contributed by atoms with Crippen molar-refractivity contribution in [1.29, 1.82) is 0 Å². The van der Waals surface area contributed by atoms with Gasteiger partial charge in [0, 0.05) is 36.3 Å². The summed E-state index contributed by atoms with van der Waals surface area (Å²) >= 11 is 0. The smallest absolute Gasteiger partial charge is 0.337 e. The van der Waals surface area contributed by atoms with Crippen molar-refractivity contribution in [2.24, 2.45) is 5.92 Å². The van der Waals surface area contributed by atoms with E-state index in [-0.39, 0.29) is 16.7 Å². The first-order valence-corrected chi connectivity index (χ1v) is 14.5. The van der Waals surface area contributed by atoms with Crippen molar-refractivity contribution < 1.29 is 14.5 Å². The van der Waals surface area contributed by atoms with E-state index < -0.39 is 5.97 Å². The summed E-state index contributed by atoms with van der Waals surface area (Å²) in [5.74, 6) is 0.809. The molecule has 216 valence electrons. The first-order valence-electron chi connectivity index (χ1n) is 14.5. The quantitative estimate of drug-likeness (QED) is 0.130. The molecule has 1 atom stereocenters. The molecule has 1 N–H and O–H groups in total. The molecular weight excluding hydrogens is 542 g/mol. The molecule has 7 rings (SSSR count). The van der Waals surface area contributed by atoms with Crippen LogP contribution in [0.25, 0.3) is 22.4 Å². The lowest BCUT2D eigenvalue weighted by molar-refractivity contribution is -0.384. The molecule has 0 saturated heterocycles. The molecular formula is C34H31N5O4. The van der Waals surface area contributed by atoms with Gasteiger partial charge in [-0.05, 0) is 72.0 Å². The first kappa shape index (κ1) is 26.7. The number of aromatic nitrogens is 2. The summed E-state index contributed by atoms with van der Waals surface area (Å²) in [6.45, 7) is 5.98. The van der Waals surface area contributed by atoms with Gasteiger partial charge in [0.2, 0.25) is 0 Å². The second-order valence-electron chi connectivity index (χ2n) is 11.5. The van der Waals surface area contributed by atoms with Gasteiger partial charge in [-0.1, -0.05) is 32.0 Å².